The van der Waals surface area contributed by atoms with E-state index in [4.69, 9.17) is 4.74 Å². The number of anilines is 1. The van der Waals surface area contributed by atoms with Crippen LogP contribution >= 0.6 is 0 Å². The van der Waals surface area contributed by atoms with Crippen LogP contribution in [0.5, 0.6) is 5.75 Å². The summed E-state index contributed by atoms with van der Waals surface area (Å²) in [5.41, 5.74) is 5.61. The second kappa shape index (κ2) is 14.8. The van der Waals surface area contributed by atoms with Crippen molar-refractivity contribution in [1.82, 2.24) is 15.1 Å². The Balaban J connectivity index is 1.14. The number of rotatable bonds is 12. The molecule has 3 aliphatic rings. The molecule has 3 aromatic rings. The molecule has 258 valence electrons. The lowest BCUT2D eigenvalue weighted by Gasteiger charge is -2.36. The number of nitrogens with zero attached hydrogens (tertiary/aromatic N) is 3. The van der Waals surface area contributed by atoms with Crippen LogP contribution in [0, 0.1) is 18.8 Å². The van der Waals surface area contributed by atoms with Crippen LogP contribution in [0.15, 0.2) is 54.9 Å². The van der Waals surface area contributed by atoms with Gasteiger partial charge in [0, 0.05) is 48.6 Å². The molecule has 0 bridgehead atoms. The van der Waals surface area contributed by atoms with Crippen molar-refractivity contribution in [2.45, 2.75) is 95.6 Å². The van der Waals surface area contributed by atoms with E-state index in [2.05, 4.69) is 64.6 Å². The molecule has 3 saturated carbocycles. The van der Waals surface area contributed by atoms with Crippen LogP contribution in [0.2, 0.25) is 0 Å². The fourth-order valence-electron chi connectivity index (χ4n) is 7.58. The van der Waals surface area contributed by atoms with Gasteiger partial charge >= 0.3 is 0 Å². The third-order valence-electron chi connectivity index (χ3n) is 10.6. The summed E-state index contributed by atoms with van der Waals surface area (Å²) in [5.74, 6) is 1.51. The number of hydrogen-bond acceptors (Lipinski definition) is 6. The Hall–Kier alpha value is -3.66. The summed E-state index contributed by atoms with van der Waals surface area (Å²) >= 11 is 0. The SMILES string of the molecule is COc1ccc(C2CCC(CN(C(=O)C3CCC(NC(=O)CCS(C)(=O)=O)CC3)c3cccc(-c4cnn(C5CC5)c4)c3)CC2)cc1C. The van der Waals surface area contributed by atoms with Crippen molar-refractivity contribution < 1.29 is 22.7 Å². The largest absolute Gasteiger partial charge is 0.496 e. The Bertz CT molecular complexity index is 1700. The van der Waals surface area contributed by atoms with Gasteiger partial charge in [-0.25, -0.2) is 8.42 Å². The van der Waals surface area contributed by atoms with Crippen molar-refractivity contribution in [3.05, 3.63) is 66.0 Å². The van der Waals surface area contributed by atoms with Gasteiger partial charge in [0.15, 0.2) is 0 Å². The van der Waals surface area contributed by atoms with E-state index in [1.807, 2.05) is 17.2 Å². The van der Waals surface area contributed by atoms with Crippen molar-refractivity contribution in [3.8, 4) is 16.9 Å². The van der Waals surface area contributed by atoms with Gasteiger partial charge < -0.3 is 15.0 Å². The smallest absolute Gasteiger partial charge is 0.230 e. The lowest BCUT2D eigenvalue weighted by Crippen LogP contribution is -2.44. The first-order chi connectivity index (χ1) is 23.1. The van der Waals surface area contributed by atoms with Crippen LogP contribution in [-0.4, -0.2) is 61.7 Å². The highest BCUT2D eigenvalue weighted by Gasteiger charge is 2.33. The van der Waals surface area contributed by atoms with E-state index >= 15 is 0 Å². The summed E-state index contributed by atoms with van der Waals surface area (Å²) in [7, 11) is -1.48. The van der Waals surface area contributed by atoms with E-state index in [0.717, 1.165) is 54.5 Å². The molecular formula is C38H50N4O5S. The average Bonchev–Trinajstić information content (AvgIpc) is 3.82. The summed E-state index contributed by atoms with van der Waals surface area (Å²) in [5, 5.41) is 7.60. The summed E-state index contributed by atoms with van der Waals surface area (Å²) < 4.78 is 30.5. The van der Waals surface area contributed by atoms with Crippen molar-refractivity contribution in [2.75, 3.05) is 30.6 Å². The zero-order valence-corrected chi connectivity index (χ0v) is 29.4. The van der Waals surface area contributed by atoms with Gasteiger partial charge in [0.2, 0.25) is 11.8 Å². The second-order valence-corrected chi connectivity index (χ2v) is 16.6. The van der Waals surface area contributed by atoms with E-state index in [-0.39, 0.29) is 35.9 Å². The monoisotopic (exact) mass is 674 g/mol. The molecule has 48 heavy (non-hydrogen) atoms. The normalized spacial score (nSPS) is 23.0. The van der Waals surface area contributed by atoms with Crippen LogP contribution < -0.4 is 15.0 Å². The molecule has 1 heterocycles. The molecule has 3 aliphatic carbocycles. The molecule has 0 saturated heterocycles. The highest BCUT2D eigenvalue weighted by molar-refractivity contribution is 7.90. The molecule has 0 aliphatic heterocycles. The van der Waals surface area contributed by atoms with Gasteiger partial charge in [0.05, 0.1) is 25.1 Å². The summed E-state index contributed by atoms with van der Waals surface area (Å²) in [4.78, 5) is 28.8. The number of sulfone groups is 1. The maximum Gasteiger partial charge on any atom is 0.230 e. The van der Waals surface area contributed by atoms with E-state index < -0.39 is 9.84 Å². The van der Waals surface area contributed by atoms with Gasteiger partial charge in [-0.2, -0.15) is 5.10 Å². The highest BCUT2D eigenvalue weighted by atomic mass is 32.2. The number of carbonyl (C=O) groups excluding carboxylic acids is 2. The molecule has 3 fully saturated rings. The molecule has 9 nitrogen and oxygen atoms in total. The Morgan fingerprint density at radius 3 is 2.38 bits per heavy atom. The standard InChI is InChI=1S/C38H50N4O5S/c1-26-21-31(13-18-36(26)47-2)28-9-7-27(8-10-28)24-41(35-6-4-5-30(22-35)32-23-39-42(25-32)34-16-17-34)38(44)29-11-14-33(15-12-29)40-37(43)19-20-48(3,45)46/h4-6,13,18,21-23,25,27-29,33-34H,7-12,14-17,19-20,24H2,1-3H3,(H,40,43). The average molecular weight is 675 g/mol. The minimum atomic E-state index is -3.19. The van der Waals surface area contributed by atoms with Crippen LogP contribution in [0.25, 0.3) is 11.1 Å². The number of ether oxygens (including phenoxy) is 1. The quantitative estimate of drug-likeness (QED) is 0.231. The first kappa shape index (κ1) is 34.2. The molecule has 2 aromatic carbocycles. The highest BCUT2D eigenvalue weighted by Crippen LogP contribution is 2.39. The zero-order chi connectivity index (χ0) is 33.8. The second-order valence-electron chi connectivity index (χ2n) is 14.4. The van der Waals surface area contributed by atoms with Gasteiger partial charge in [0.1, 0.15) is 15.6 Å². The van der Waals surface area contributed by atoms with Crippen LogP contribution in [0.4, 0.5) is 5.69 Å². The predicted molar refractivity (Wildman–Crippen MR) is 189 cm³/mol. The molecule has 1 aromatic heterocycles. The molecule has 2 amide bonds. The molecule has 0 atom stereocenters. The Morgan fingerprint density at radius 1 is 0.958 bits per heavy atom. The van der Waals surface area contributed by atoms with Crippen LogP contribution in [0.3, 0.4) is 0 Å². The number of nitrogens with one attached hydrogen (secondary N) is 1. The zero-order valence-electron chi connectivity index (χ0n) is 28.6. The van der Waals surface area contributed by atoms with Gasteiger partial charge in [-0.1, -0.05) is 24.3 Å². The predicted octanol–water partition coefficient (Wildman–Crippen LogP) is 6.62. The lowest BCUT2D eigenvalue weighted by molar-refractivity contribution is -0.123. The molecule has 6 rings (SSSR count). The number of amides is 2. The Morgan fingerprint density at radius 2 is 1.71 bits per heavy atom. The van der Waals surface area contributed by atoms with Crippen molar-refractivity contribution in [3.63, 3.8) is 0 Å². The number of benzene rings is 2. The van der Waals surface area contributed by atoms with Gasteiger partial charge in [-0.3, -0.25) is 14.3 Å². The molecular weight excluding hydrogens is 625 g/mol. The van der Waals surface area contributed by atoms with Crippen LogP contribution in [0.1, 0.15) is 93.7 Å². The third-order valence-corrected chi connectivity index (χ3v) is 11.5. The summed E-state index contributed by atoms with van der Waals surface area (Å²) in [6.07, 6.45) is 14.7. The van der Waals surface area contributed by atoms with Gasteiger partial charge in [-0.05, 0) is 118 Å². The first-order valence-corrected chi connectivity index (χ1v) is 19.7. The molecule has 10 heteroatoms. The fourth-order valence-corrected chi connectivity index (χ4v) is 8.13. The maximum atomic E-state index is 14.4. The summed E-state index contributed by atoms with van der Waals surface area (Å²) in [6.45, 7) is 2.79. The Labute approximate surface area is 285 Å². The van der Waals surface area contributed by atoms with Crippen molar-refractivity contribution >= 4 is 27.3 Å². The third kappa shape index (κ3) is 8.67. The van der Waals surface area contributed by atoms with E-state index in [9.17, 15) is 18.0 Å². The molecule has 0 spiro atoms. The number of aryl methyl sites for hydroxylation is 1. The molecule has 1 N–H and O–H groups in total. The maximum absolute atomic E-state index is 14.4. The lowest BCUT2D eigenvalue weighted by atomic mass is 9.78. The number of hydrogen-bond donors (Lipinski definition) is 1. The topological polar surface area (TPSA) is 111 Å². The first-order valence-electron chi connectivity index (χ1n) is 17.6. The Kier molecular flexibility index (Phi) is 10.6. The van der Waals surface area contributed by atoms with Gasteiger partial charge in [-0.15, -0.1) is 0 Å². The molecule has 0 radical (unpaired) electrons. The van der Waals surface area contributed by atoms with Crippen molar-refractivity contribution in [1.29, 1.82) is 0 Å². The number of methoxy groups -OCH3 is 1. The van der Waals surface area contributed by atoms with Crippen molar-refractivity contribution in [2.24, 2.45) is 11.8 Å². The van der Waals surface area contributed by atoms with E-state index in [1.165, 1.54) is 24.0 Å². The van der Waals surface area contributed by atoms with E-state index in [1.54, 1.807) is 7.11 Å². The van der Waals surface area contributed by atoms with E-state index in [0.29, 0.717) is 50.1 Å². The minimum Gasteiger partial charge on any atom is -0.496 e. The van der Waals surface area contributed by atoms with Gasteiger partial charge in [0.25, 0.3) is 0 Å². The van der Waals surface area contributed by atoms with Crippen LogP contribution in [-0.2, 0) is 19.4 Å². The summed E-state index contributed by atoms with van der Waals surface area (Å²) in [6, 6.07) is 15.4. The fraction of sp³-hybridized carbons (Fsp3) is 0.553. The molecule has 0 unspecified atom stereocenters. The minimum absolute atomic E-state index is 0.0261. The number of aromatic nitrogens is 2. The number of carbonyl (C=O) groups is 2.